The van der Waals surface area contributed by atoms with E-state index in [1.165, 1.54) is 5.39 Å². The van der Waals surface area contributed by atoms with Crippen molar-refractivity contribution >= 4 is 27.6 Å². The van der Waals surface area contributed by atoms with Crippen molar-refractivity contribution in [1.82, 2.24) is 24.3 Å². The molecule has 0 amide bonds. The second-order valence-electron chi connectivity index (χ2n) is 10.0. The zero-order valence-electron chi connectivity index (χ0n) is 22.0. The van der Waals surface area contributed by atoms with Gasteiger partial charge in [-0.25, -0.2) is 9.97 Å². The number of hydrogen-bond acceptors (Lipinski definition) is 4. The molecule has 0 fully saturated rings. The first-order valence-corrected chi connectivity index (χ1v) is 13.6. The maximum absolute atomic E-state index is 4.94. The van der Waals surface area contributed by atoms with Crippen LogP contribution in [0.25, 0.3) is 72.6 Å². The fourth-order valence-electron chi connectivity index (χ4n) is 5.57. The number of pyridine rings is 4. The SMILES string of the molecule is c1ccc(-c2cc(-c3ccc(-c4cc5nc6ccccc6n5c5ccccc45)cc3)cc(-c3ccccn3)n2)nc1. The summed E-state index contributed by atoms with van der Waals surface area (Å²) < 4.78 is 2.25. The zero-order valence-corrected chi connectivity index (χ0v) is 22.0. The maximum atomic E-state index is 4.94. The highest BCUT2D eigenvalue weighted by molar-refractivity contribution is 6.00. The van der Waals surface area contributed by atoms with E-state index in [0.717, 1.165) is 67.2 Å². The lowest BCUT2D eigenvalue weighted by atomic mass is 9.97. The minimum Gasteiger partial charge on any atom is -0.292 e. The standard InChI is InChI=1S/C36H23N5/c1-3-13-34-27(9-1)28(23-36-40-31-12-2-4-14-35(31)41(34)36)25-17-15-24(16-18-25)26-21-32(29-10-5-7-19-37-29)39-33(22-26)30-11-6-8-20-38-30/h1-23H. The van der Waals surface area contributed by atoms with Crippen LogP contribution in [0.1, 0.15) is 0 Å². The van der Waals surface area contributed by atoms with Crippen LogP contribution in [0.15, 0.2) is 140 Å². The predicted octanol–water partition coefficient (Wildman–Crippen LogP) is 8.49. The van der Waals surface area contributed by atoms with Crippen molar-refractivity contribution in [2.24, 2.45) is 0 Å². The molecule has 0 N–H and O–H groups in total. The van der Waals surface area contributed by atoms with E-state index >= 15 is 0 Å². The van der Waals surface area contributed by atoms with Gasteiger partial charge >= 0.3 is 0 Å². The highest BCUT2D eigenvalue weighted by Gasteiger charge is 2.14. The first-order chi connectivity index (χ1) is 20.3. The van der Waals surface area contributed by atoms with Crippen molar-refractivity contribution in [3.05, 3.63) is 140 Å². The summed E-state index contributed by atoms with van der Waals surface area (Å²) in [6.45, 7) is 0. The lowest BCUT2D eigenvalue weighted by molar-refractivity contribution is 1.22. The first kappa shape index (κ1) is 23.2. The van der Waals surface area contributed by atoms with E-state index in [-0.39, 0.29) is 0 Å². The molecule has 3 aromatic carbocycles. The topological polar surface area (TPSA) is 56.0 Å². The first-order valence-electron chi connectivity index (χ1n) is 13.6. The van der Waals surface area contributed by atoms with Gasteiger partial charge in [-0.2, -0.15) is 0 Å². The van der Waals surface area contributed by atoms with Crippen molar-refractivity contribution in [2.75, 3.05) is 0 Å². The molecule has 5 nitrogen and oxygen atoms in total. The summed E-state index contributed by atoms with van der Waals surface area (Å²) in [5.41, 5.74) is 12.0. The molecule has 41 heavy (non-hydrogen) atoms. The van der Waals surface area contributed by atoms with E-state index in [0.29, 0.717) is 0 Å². The van der Waals surface area contributed by atoms with Gasteiger partial charge < -0.3 is 0 Å². The third kappa shape index (κ3) is 4.03. The molecule has 5 heterocycles. The van der Waals surface area contributed by atoms with Gasteiger partial charge in [0.2, 0.25) is 0 Å². The van der Waals surface area contributed by atoms with Crippen LogP contribution in [-0.2, 0) is 0 Å². The van der Waals surface area contributed by atoms with E-state index in [1.807, 2.05) is 42.5 Å². The smallest absolute Gasteiger partial charge is 0.139 e. The molecular formula is C36H23N5. The van der Waals surface area contributed by atoms with Crippen LogP contribution >= 0.6 is 0 Å². The summed E-state index contributed by atoms with van der Waals surface area (Å²) in [6, 6.07) is 43.7. The molecule has 0 aliphatic heterocycles. The molecule has 8 aromatic rings. The number of benzene rings is 3. The Morgan fingerprint density at radius 3 is 1.73 bits per heavy atom. The lowest BCUT2D eigenvalue weighted by Crippen LogP contribution is -1.94. The fraction of sp³-hybridized carbons (Fsp3) is 0. The van der Waals surface area contributed by atoms with Gasteiger partial charge in [0, 0.05) is 17.8 Å². The average Bonchev–Trinajstić information content (AvgIpc) is 3.44. The molecule has 0 bridgehead atoms. The average molecular weight is 526 g/mol. The van der Waals surface area contributed by atoms with Gasteiger partial charge in [-0.3, -0.25) is 14.4 Å². The molecule has 5 heteroatoms. The van der Waals surface area contributed by atoms with E-state index in [1.54, 1.807) is 12.4 Å². The van der Waals surface area contributed by atoms with Crippen LogP contribution in [0.5, 0.6) is 0 Å². The van der Waals surface area contributed by atoms with Gasteiger partial charge in [0.25, 0.3) is 0 Å². The molecule has 192 valence electrons. The van der Waals surface area contributed by atoms with Crippen molar-refractivity contribution in [3.63, 3.8) is 0 Å². The molecule has 0 spiro atoms. The van der Waals surface area contributed by atoms with Crippen LogP contribution in [0.3, 0.4) is 0 Å². The Labute approximate surface area is 236 Å². The Hall–Kier alpha value is -5.68. The summed E-state index contributed by atoms with van der Waals surface area (Å²) in [4.78, 5) is 19.0. The number of para-hydroxylation sites is 3. The Balaban J connectivity index is 1.27. The summed E-state index contributed by atoms with van der Waals surface area (Å²) in [6.07, 6.45) is 3.59. The van der Waals surface area contributed by atoms with Crippen molar-refractivity contribution < 1.29 is 0 Å². The molecule has 8 rings (SSSR count). The zero-order chi connectivity index (χ0) is 27.2. The number of hydrogen-bond donors (Lipinski definition) is 0. The molecule has 0 unspecified atom stereocenters. The lowest BCUT2D eigenvalue weighted by Gasteiger charge is -2.12. The van der Waals surface area contributed by atoms with Gasteiger partial charge in [-0.05, 0) is 82.9 Å². The predicted molar refractivity (Wildman–Crippen MR) is 165 cm³/mol. The summed E-state index contributed by atoms with van der Waals surface area (Å²) >= 11 is 0. The highest BCUT2D eigenvalue weighted by atomic mass is 15.0. The van der Waals surface area contributed by atoms with Crippen LogP contribution in [0, 0.1) is 0 Å². The number of rotatable bonds is 4. The molecule has 0 saturated heterocycles. The molecule has 0 aliphatic rings. The largest absolute Gasteiger partial charge is 0.292 e. The van der Waals surface area contributed by atoms with Crippen molar-refractivity contribution in [1.29, 1.82) is 0 Å². The van der Waals surface area contributed by atoms with E-state index in [9.17, 15) is 0 Å². The number of fused-ring (bicyclic) bond motifs is 5. The van der Waals surface area contributed by atoms with E-state index in [2.05, 4.69) is 99.3 Å². The molecule has 0 aliphatic carbocycles. The van der Waals surface area contributed by atoms with Gasteiger partial charge in [-0.1, -0.05) is 66.7 Å². The molecule has 0 saturated carbocycles. The molecule has 0 radical (unpaired) electrons. The van der Waals surface area contributed by atoms with Crippen LogP contribution < -0.4 is 0 Å². The van der Waals surface area contributed by atoms with Gasteiger partial charge in [-0.15, -0.1) is 0 Å². The Bertz CT molecular complexity index is 2130. The van der Waals surface area contributed by atoms with Gasteiger partial charge in [0.1, 0.15) is 5.65 Å². The third-order valence-corrected chi connectivity index (χ3v) is 7.50. The quantitative estimate of drug-likeness (QED) is 0.231. The number of nitrogens with zero attached hydrogens (tertiary/aromatic N) is 5. The number of imidazole rings is 1. The minimum atomic E-state index is 0.815. The second kappa shape index (κ2) is 9.50. The van der Waals surface area contributed by atoms with Crippen LogP contribution in [0.2, 0.25) is 0 Å². The van der Waals surface area contributed by atoms with Crippen LogP contribution in [0.4, 0.5) is 0 Å². The summed E-state index contributed by atoms with van der Waals surface area (Å²) in [7, 11) is 0. The normalized spacial score (nSPS) is 11.4. The fourth-order valence-corrected chi connectivity index (χ4v) is 5.57. The van der Waals surface area contributed by atoms with E-state index in [4.69, 9.17) is 9.97 Å². The summed E-state index contributed by atoms with van der Waals surface area (Å²) in [5.74, 6) is 0. The Kier molecular flexibility index (Phi) is 5.38. The van der Waals surface area contributed by atoms with Gasteiger partial charge in [0.15, 0.2) is 0 Å². The van der Waals surface area contributed by atoms with Crippen molar-refractivity contribution in [2.45, 2.75) is 0 Å². The second-order valence-corrected chi connectivity index (χ2v) is 10.0. The number of aromatic nitrogens is 5. The minimum absolute atomic E-state index is 0.815. The van der Waals surface area contributed by atoms with Gasteiger partial charge in [0.05, 0.1) is 39.3 Å². The maximum Gasteiger partial charge on any atom is 0.139 e. The molecule has 0 atom stereocenters. The van der Waals surface area contributed by atoms with Crippen LogP contribution in [-0.4, -0.2) is 24.3 Å². The Morgan fingerprint density at radius 2 is 1.05 bits per heavy atom. The summed E-state index contributed by atoms with van der Waals surface area (Å²) in [5, 5.41) is 1.19. The highest BCUT2D eigenvalue weighted by Crippen LogP contribution is 2.35. The van der Waals surface area contributed by atoms with Crippen molar-refractivity contribution in [3.8, 4) is 45.0 Å². The third-order valence-electron chi connectivity index (χ3n) is 7.50. The molecule has 5 aromatic heterocycles. The van der Waals surface area contributed by atoms with E-state index < -0.39 is 0 Å². The Morgan fingerprint density at radius 1 is 0.439 bits per heavy atom. The monoisotopic (exact) mass is 525 g/mol. The molecular weight excluding hydrogens is 502 g/mol.